The van der Waals surface area contributed by atoms with Crippen molar-refractivity contribution in [2.24, 2.45) is 0 Å². The quantitative estimate of drug-likeness (QED) is 0.805. The Balaban J connectivity index is 2.81. The van der Waals surface area contributed by atoms with Crippen molar-refractivity contribution in [3.63, 3.8) is 0 Å². The number of halogens is 2. The summed E-state index contributed by atoms with van der Waals surface area (Å²) in [6.07, 6.45) is 0.135. The van der Waals surface area contributed by atoms with Crippen LogP contribution < -0.4 is 4.72 Å². The molecule has 0 fully saturated rings. The Hall–Kier alpha value is -1.56. The summed E-state index contributed by atoms with van der Waals surface area (Å²) in [5.41, 5.74) is 0.627. The molecule has 0 radical (unpaired) electrons. The van der Waals surface area contributed by atoms with Gasteiger partial charge in [-0.05, 0) is 17.7 Å². The van der Waals surface area contributed by atoms with Gasteiger partial charge in [-0.25, -0.2) is 21.9 Å². The largest absolute Gasteiger partial charge is 0.390 e. The van der Waals surface area contributed by atoms with Crippen molar-refractivity contribution in [3.8, 4) is 6.07 Å². The van der Waals surface area contributed by atoms with E-state index in [9.17, 15) is 17.2 Å². The first-order valence-electron chi connectivity index (χ1n) is 5.25. The number of rotatable bonds is 6. The van der Waals surface area contributed by atoms with Crippen molar-refractivity contribution in [3.05, 3.63) is 29.8 Å². The SMILES string of the molecule is N#CCc1ccc(S(=O)(=O)NCC(F)(F)CO)cc1. The van der Waals surface area contributed by atoms with Crippen LogP contribution in [0.2, 0.25) is 0 Å². The van der Waals surface area contributed by atoms with E-state index in [2.05, 4.69) is 0 Å². The van der Waals surface area contributed by atoms with E-state index in [1.807, 2.05) is 6.07 Å². The predicted octanol–water partition coefficient (Wildman–Crippen LogP) is 0.659. The first-order valence-corrected chi connectivity index (χ1v) is 6.73. The van der Waals surface area contributed by atoms with E-state index in [1.165, 1.54) is 24.3 Å². The van der Waals surface area contributed by atoms with E-state index in [0.29, 0.717) is 5.56 Å². The lowest BCUT2D eigenvalue weighted by molar-refractivity contribution is -0.0437. The summed E-state index contributed by atoms with van der Waals surface area (Å²) in [6.45, 7) is -2.61. The topological polar surface area (TPSA) is 90.2 Å². The molecule has 0 amide bonds. The van der Waals surface area contributed by atoms with Gasteiger partial charge in [-0.3, -0.25) is 0 Å². The number of alkyl halides is 2. The second-order valence-corrected chi connectivity index (χ2v) is 5.58. The minimum absolute atomic E-state index is 0.135. The van der Waals surface area contributed by atoms with Crippen LogP contribution in [0.3, 0.4) is 0 Å². The lowest BCUT2D eigenvalue weighted by Crippen LogP contribution is -2.38. The van der Waals surface area contributed by atoms with Crippen molar-refractivity contribution in [2.45, 2.75) is 17.2 Å². The maximum absolute atomic E-state index is 12.8. The number of sulfonamides is 1. The minimum Gasteiger partial charge on any atom is -0.390 e. The smallest absolute Gasteiger partial charge is 0.283 e. The number of nitrogens with zero attached hydrogens (tertiary/aromatic N) is 1. The van der Waals surface area contributed by atoms with E-state index < -0.39 is 29.1 Å². The zero-order valence-corrected chi connectivity index (χ0v) is 10.6. The van der Waals surface area contributed by atoms with Gasteiger partial charge in [-0.2, -0.15) is 5.26 Å². The normalized spacial score (nSPS) is 12.1. The number of nitriles is 1. The van der Waals surface area contributed by atoms with Crippen LogP contribution in [-0.4, -0.2) is 32.6 Å². The second kappa shape index (κ2) is 6.06. The molecule has 1 aromatic rings. The van der Waals surface area contributed by atoms with Crippen molar-refractivity contribution in [1.29, 1.82) is 5.26 Å². The third kappa shape index (κ3) is 4.55. The number of aliphatic hydroxyl groups is 1. The fourth-order valence-corrected chi connectivity index (χ4v) is 2.28. The maximum Gasteiger partial charge on any atom is 0.283 e. The Labute approximate surface area is 109 Å². The molecular formula is C11H12F2N2O3S. The van der Waals surface area contributed by atoms with Crippen LogP contribution in [0.25, 0.3) is 0 Å². The molecule has 19 heavy (non-hydrogen) atoms. The van der Waals surface area contributed by atoms with Gasteiger partial charge in [-0.1, -0.05) is 12.1 Å². The molecule has 0 aliphatic rings. The summed E-state index contributed by atoms with van der Waals surface area (Å²) < 4.78 is 50.6. The minimum atomic E-state index is -4.06. The van der Waals surface area contributed by atoms with Crippen LogP contribution in [0.1, 0.15) is 5.56 Å². The Bertz CT molecular complexity index is 565. The highest BCUT2D eigenvalue weighted by Crippen LogP contribution is 2.14. The van der Waals surface area contributed by atoms with Gasteiger partial charge in [0.05, 0.1) is 23.9 Å². The van der Waals surface area contributed by atoms with Crippen LogP contribution in [0, 0.1) is 11.3 Å². The van der Waals surface area contributed by atoms with Crippen LogP contribution in [-0.2, 0) is 16.4 Å². The van der Waals surface area contributed by atoms with Crippen LogP contribution in [0.5, 0.6) is 0 Å². The van der Waals surface area contributed by atoms with E-state index in [4.69, 9.17) is 10.4 Å². The molecule has 8 heteroatoms. The standard InChI is InChI=1S/C11H12F2N2O3S/c12-11(13,8-16)7-15-19(17,18)10-3-1-9(2-4-10)5-6-14/h1-4,15-16H,5,7-8H2. The molecule has 5 nitrogen and oxygen atoms in total. The van der Waals surface area contributed by atoms with E-state index in [0.717, 1.165) is 0 Å². The molecule has 0 heterocycles. The molecule has 0 spiro atoms. The average Bonchev–Trinajstić information content (AvgIpc) is 2.38. The monoisotopic (exact) mass is 290 g/mol. The van der Waals surface area contributed by atoms with E-state index >= 15 is 0 Å². The third-order valence-corrected chi connectivity index (χ3v) is 3.69. The molecule has 0 bridgehead atoms. The Morgan fingerprint density at radius 3 is 2.37 bits per heavy atom. The van der Waals surface area contributed by atoms with Gasteiger partial charge in [0.2, 0.25) is 10.0 Å². The van der Waals surface area contributed by atoms with Crippen LogP contribution >= 0.6 is 0 Å². The zero-order valence-electron chi connectivity index (χ0n) is 9.81. The van der Waals surface area contributed by atoms with Gasteiger partial charge >= 0.3 is 0 Å². The summed E-state index contributed by atoms with van der Waals surface area (Å²) in [5.74, 6) is -3.51. The summed E-state index contributed by atoms with van der Waals surface area (Å²) in [6, 6.07) is 7.22. The molecule has 0 saturated heterocycles. The molecule has 2 N–H and O–H groups in total. The number of aliphatic hydroxyl groups excluding tert-OH is 1. The van der Waals surface area contributed by atoms with Crippen molar-refractivity contribution in [1.82, 2.24) is 4.72 Å². The average molecular weight is 290 g/mol. The maximum atomic E-state index is 12.8. The second-order valence-electron chi connectivity index (χ2n) is 3.82. The summed E-state index contributed by atoms with van der Waals surface area (Å²) >= 11 is 0. The van der Waals surface area contributed by atoms with Crippen molar-refractivity contribution < 1.29 is 22.3 Å². The first kappa shape index (κ1) is 15.5. The summed E-state index contributed by atoms with van der Waals surface area (Å²) in [4.78, 5) is -0.178. The molecule has 0 aliphatic heterocycles. The fourth-order valence-electron chi connectivity index (χ4n) is 1.22. The van der Waals surface area contributed by atoms with Gasteiger partial charge in [0.15, 0.2) is 0 Å². The molecule has 0 aliphatic carbocycles. The van der Waals surface area contributed by atoms with Crippen LogP contribution in [0.4, 0.5) is 8.78 Å². The van der Waals surface area contributed by atoms with Gasteiger partial charge in [-0.15, -0.1) is 0 Å². The number of benzene rings is 1. The molecular weight excluding hydrogens is 278 g/mol. The highest BCUT2D eigenvalue weighted by atomic mass is 32.2. The summed E-state index contributed by atoms with van der Waals surface area (Å²) in [5, 5.41) is 16.8. The molecule has 0 atom stereocenters. The molecule has 1 aromatic carbocycles. The van der Waals surface area contributed by atoms with Gasteiger partial charge in [0, 0.05) is 0 Å². The molecule has 0 aromatic heterocycles. The van der Waals surface area contributed by atoms with Gasteiger partial charge < -0.3 is 5.11 Å². The number of hydrogen-bond donors (Lipinski definition) is 2. The lowest BCUT2D eigenvalue weighted by atomic mass is 10.2. The van der Waals surface area contributed by atoms with Gasteiger partial charge in [0.1, 0.15) is 6.61 Å². The number of nitrogens with one attached hydrogen (secondary N) is 1. The zero-order chi connectivity index (χ0) is 14.5. The van der Waals surface area contributed by atoms with Crippen molar-refractivity contribution in [2.75, 3.05) is 13.2 Å². The predicted molar refractivity (Wildman–Crippen MR) is 63.0 cm³/mol. The fraction of sp³-hybridized carbons (Fsp3) is 0.364. The Kier molecular flexibility index (Phi) is 4.94. The molecule has 0 unspecified atom stereocenters. The van der Waals surface area contributed by atoms with Crippen molar-refractivity contribution >= 4 is 10.0 Å². The third-order valence-electron chi connectivity index (χ3n) is 2.27. The number of hydrogen-bond acceptors (Lipinski definition) is 4. The molecule has 1 rings (SSSR count). The lowest BCUT2D eigenvalue weighted by Gasteiger charge is -2.14. The molecule has 104 valence electrons. The highest BCUT2D eigenvalue weighted by Gasteiger charge is 2.30. The van der Waals surface area contributed by atoms with E-state index in [-0.39, 0.29) is 11.3 Å². The Morgan fingerprint density at radius 1 is 1.32 bits per heavy atom. The van der Waals surface area contributed by atoms with E-state index in [1.54, 1.807) is 4.72 Å². The van der Waals surface area contributed by atoms with Crippen LogP contribution in [0.15, 0.2) is 29.2 Å². The highest BCUT2D eigenvalue weighted by molar-refractivity contribution is 7.89. The first-order chi connectivity index (χ1) is 8.80. The molecule has 0 saturated carbocycles. The summed E-state index contributed by atoms with van der Waals surface area (Å²) in [7, 11) is -4.06. The Morgan fingerprint density at radius 2 is 1.89 bits per heavy atom. The van der Waals surface area contributed by atoms with Gasteiger partial charge in [0.25, 0.3) is 5.92 Å².